The molecule has 0 bridgehead atoms. The van der Waals surface area contributed by atoms with Crippen LogP contribution in [0.15, 0.2) is 18.2 Å². The lowest BCUT2D eigenvalue weighted by molar-refractivity contribution is -0.386. The van der Waals surface area contributed by atoms with Crippen molar-refractivity contribution in [2.24, 2.45) is 5.73 Å². The topological polar surface area (TPSA) is 107 Å². The molecule has 1 amide bonds. The van der Waals surface area contributed by atoms with Crippen molar-refractivity contribution in [3.05, 3.63) is 34.1 Å². The number of carbonyl (C=O) groups excluding carboxylic acids is 1. The summed E-state index contributed by atoms with van der Waals surface area (Å²) in [6, 6.07) is 2.13. The summed E-state index contributed by atoms with van der Waals surface area (Å²) < 4.78 is 18.2. The summed E-state index contributed by atoms with van der Waals surface area (Å²) in [6.45, 7) is 3.45. The first-order valence-corrected chi connectivity index (χ1v) is 5.93. The molecular formula is C12H16FN3O4. The summed E-state index contributed by atoms with van der Waals surface area (Å²) >= 11 is 0. The highest BCUT2D eigenvalue weighted by molar-refractivity contribution is 5.80. The van der Waals surface area contributed by atoms with E-state index < -0.39 is 28.4 Å². The average Bonchev–Trinajstić information content (AvgIpc) is 2.34. The maximum atomic E-state index is 13.0. The van der Waals surface area contributed by atoms with Crippen LogP contribution < -0.4 is 15.8 Å². The number of halogens is 1. The number of amides is 1. The zero-order chi connectivity index (χ0) is 15.3. The minimum atomic E-state index is -0.792. The zero-order valence-corrected chi connectivity index (χ0v) is 11.1. The maximum Gasteiger partial charge on any atom is 0.313 e. The van der Waals surface area contributed by atoms with Gasteiger partial charge in [0.25, 0.3) is 0 Å². The Morgan fingerprint density at radius 1 is 1.55 bits per heavy atom. The van der Waals surface area contributed by atoms with Gasteiger partial charge in [-0.3, -0.25) is 14.9 Å². The van der Waals surface area contributed by atoms with E-state index in [9.17, 15) is 19.3 Å². The third kappa shape index (κ3) is 4.47. The van der Waals surface area contributed by atoms with Gasteiger partial charge in [0.15, 0.2) is 5.75 Å². The Balaban J connectivity index is 2.82. The number of nitrogens with one attached hydrogen (secondary N) is 1. The van der Waals surface area contributed by atoms with Crippen molar-refractivity contribution in [1.82, 2.24) is 5.32 Å². The number of carbonyl (C=O) groups is 1. The highest BCUT2D eigenvalue weighted by Gasteiger charge is 2.21. The molecule has 20 heavy (non-hydrogen) atoms. The van der Waals surface area contributed by atoms with Crippen LogP contribution in [0, 0.1) is 15.9 Å². The zero-order valence-electron chi connectivity index (χ0n) is 11.1. The van der Waals surface area contributed by atoms with Gasteiger partial charge in [0, 0.05) is 6.04 Å². The molecule has 3 N–H and O–H groups in total. The maximum absolute atomic E-state index is 13.0. The number of nitro benzene ring substituents is 1. The SMILES string of the molecule is CC(C)NC(COc1ccc(F)cc1[N+](=O)[O-])C(N)=O. The third-order valence-electron chi connectivity index (χ3n) is 2.40. The number of nitrogens with two attached hydrogens (primary N) is 1. The van der Waals surface area contributed by atoms with Crippen LogP contribution in [0.1, 0.15) is 13.8 Å². The van der Waals surface area contributed by atoms with Gasteiger partial charge >= 0.3 is 5.69 Å². The lowest BCUT2D eigenvalue weighted by atomic mass is 10.2. The van der Waals surface area contributed by atoms with Crippen LogP contribution >= 0.6 is 0 Å². The number of nitro groups is 1. The second-order valence-corrected chi connectivity index (χ2v) is 4.46. The molecule has 0 spiro atoms. The molecule has 0 heterocycles. The Morgan fingerprint density at radius 2 is 2.20 bits per heavy atom. The molecule has 7 nitrogen and oxygen atoms in total. The summed E-state index contributed by atoms with van der Waals surface area (Å²) in [6.07, 6.45) is 0. The molecule has 0 fully saturated rings. The van der Waals surface area contributed by atoms with E-state index in [0.29, 0.717) is 0 Å². The summed E-state index contributed by atoms with van der Waals surface area (Å²) in [4.78, 5) is 21.2. The van der Waals surface area contributed by atoms with E-state index in [1.807, 2.05) is 13.8 Å². The first-order chi connectivity index (χ1) is 9.31. The predicted octanol–water partition coefficient (Wildman–Crippen LogP) is 0.965. The van der Waals surface area contributed by atoms with Crippen LogP contribution in [0.2, 0.25) is 0 Å². The number of ether oxygens (including phenoxy) is 1. The van der Waals surface area contributed by atoms with Crippen LogP contribution in [-0.2, 0) is 4.79 Å². The van der Waals surface area contributed by atoms with Gasteiger partial charge in [-0.1, -0.05) is 13.8 Å². The van der Waals surface area contributed by atoms with Gasteiger partial charge in [-0.05, 0) is 12.1 Å². The van der Waals surface area contributed by atoms with Crippen molar-refractivity contribution in [2.45, 2.75) is 25.9 Å². The van der Waals surface area contributed by atoms with E-state index in [0.717, 1.165) is 18.2 Å². The standard InChI is InChI=1S/C12H16FN3O4/c1-7(2)15-9(12(14)17)6-20-11-4-3-8(13)5-10(11)16(18)19/h3-5,7,9,15H,6H2,1-2H3,(H2,14,17). The lowest BCUT2D eigenvalue weighted by Crippen LogP contribution is -2.48. The quantitative estimate of drug-likeness (QED) is 0.573. The third-order valence-corrected chi connectivity index (χ3v) is 2.40. The Bertz CT molecular complexity index is 507. The molecule has 1 rings (SSSR count). The number of nitrogens with zero attached hydrogens (tertiary/aromatic N) is 1. The molecule has 0 aliphatic heterocycles. The molecule has 0 saturated carbocycles. The number of hydrogen-bond acceptors (Lipinski definition) is 5. The molecule has 0 saturated heterocycles. The largest absolute Gasteiger partial charge is 0.485 e. The molecule has 0 aliphatic carbocycles. The van der Waals surface area contributed by atoms with Crippen molar-refractivity contribution in [3.63, 3.8) is 0 Å². The number of primary amides is 1. The van der Waals surface area contributed by atoms with Crippen molar-refractivity contribution in [2.75, 3.05) is 6.61 Å². The predicted molar refractivity (Wildman–Crippen MR) is 69.8 cm³/mol. The van der Waals surface area contributed by atoms with Crippen molar-refractivity contribution < 1.29 is 18.8 Å². The van der Waals surface area contributed by atoms with E-state index in [2.05, 4.69) is 5.32 Å². The fourth-order valence-electron chi connectivity index (χ4n) is 1.54. The lowest BCUT2D eigenvalue weighted by Gasteiger charge is -2.18. The second kappa shape index (κ2) is 6.80. The molecule has 110 valence electrons. The van der Waals surface area contributed by atoms with Crippen molar-refractivity contribution in [3.8, 4) is 5.75 Å². The van der Waals surface area contributed by atoms with E-state index in [1.165, 1.54) is 0 Å². The first kappa shape index (κ1) is 15.8. The Kier molecular flexibility index (Phi) is 5.39. The van der Waals surface area contributed by atoms with Gasteiger partial charge in [0.1, 0.15) is 18.5 Å². The van der Waals surface area contributed by atoms with Gasteiger partial charge in [0.05, 0.1) is 11.0 Å². The van der Waals surface area contributed by atoms with Gasteiger partial charge < -0.3 is 15.8 Å². The van der Waals surface area contributed by atoms with Gasteiger partial charge in [-0.2, -0.15) is 0 Å². The minimum Gasteiger partial charge on any atom is -0.485 e. The van der Waals surface area contributed by atoms with Crippen LogP contribution in [0.4, 0.5) is 10.1 Å². The van der Waals surface area contributed by atoms with Gasteiger partial charge in [0.2, 0.25) is 5.91 Å². The van der Waals surface area contributed by atoms with Crippen LogP contribution in [-0.4, -0.2) is 29.5 Å². The van der Waals surface area contributed by atoms with Gasteiger partial charge in [-0.25, -0.2) is 4.39 Å². The number of hydrogen-bond donors (Lipinski definition) is 2. The van der Waals surface area contributed by atoms with Crippen LogP contribution in [0.25, 0.3) is 0 Å². The van der Waals surface area contributed by atoms with E-state index >= 15 is 0 Å². The molecule has 8 heteroatoms. The van der Waals surface area contributed by atoms with Gasteiger partial charge in [-0.15, -0.1) is 0 Å². The van der Waals surface area contributed by atoms with Crippen molar-refractivity contribution in [1.29, 1.82) is 0 Å². The Morgan fingerprint density at radius 3 is 2.70 bits per heavy atom. The Hall–Kier alpha value is -2.22. The molecule has 0 radical (unpaired) electrons. The molecule has 1 atom stereocenters. The minimum absolute atomic E-state index is 0.0145. The average molecular weight is 285 g/mol. The molecule has 0 aliphatic rings. The summed E-state index contributed by atoms with van der Waals surface area (Å²) in [5.74, 6) is -1.49. The van der Waals surface area contributed by atoms with Crippen LogP contribution in [0.3, 0.4) is 0 Å². The second-order valence-electron chi connectivity index (χ2n) is 4.46. The van der Waals surface area contributed by atoms with Crippen LogP contribution in [0.5, 0.6) is 5.75 Å². The van der Waals surface area contributed by atoms with Crippen molar-refractivity contribution >= 4 is 11.6 Å². The highest BCUT2D eigenvalue weighted by atomic mass is 19.1. The molecule has 1 unspecified atom stereocenters. The molecule has 1 aromatic carbocycles. The molecule has 1 aromatic rings. The highest BCUT2D eigenvalue weighted by Crippen LogP contribution is 2.27. The number of rotatable bonds is 7. The van der Waals surface area contributed by atoms with E-state index in [-0.39, 0.29) is 18.4 Å². The van der Waals surface area contributed by atoms with E-state index in [4.69, 9.17) is 10.5 Å². The monoisotopic (exact) mass is 285 g/mol. The Labute approximate surface area is 115 Å². The van der Waals surface area contributed by atoms with E-state index in [1.54, 1.807) is 0 Å². The first-order valence-electron chi connectivity index (χ1n) is 5.93. The summed E-state index contributed by atoms with van der Waals surface area (Å²) in [5, 5.41) is 13.6. The summed E-state index contributed by atoms with van der Waals surface area (Å²) in [5.41, 5.74) is 4.69. The molecular weight excluding hydrogens is 269 g/mol. The smallest absolute Gasteiger partial charge is 0.313 e. The normalized spacial score (nSPS) is 12.2. The fraction of sp³-hybridized carbons (Fsp3) is 0.417. The molecule has 0 aromatic heterocycles. The number of benzene rings is 1. The summed E-state index contributed by atoms with van der Waals surface area (Å²) in [7, 11) is 0. The fourth-order valence-corrected chi connectivity index (χ4v) is 1.54.